The van der Waals surface area contributed by atoms with Gasteiger partial charge in [0.2, 0.25) is 0 Å². The normalized spacial score (nSPS) is 19.7. The number of nitriles is 1. The first-order valence-electron chi connectivity index (χ1n) is 4.61. The molecule has 2 rings (SSSR count). The lowest BCUT2D eigenvalue weighted by Crippen LogP contribution is -1.93. The van der Waals surface area contributed by atoms with Crippen LogP contribution in [0.15, 0.2) is 29.3 Å². The van der Waals surface area contributed by atoms with Crippen molar-refractivity contribution in [3.63, 3.8) is 0 Å². The molecular formula is C11H9ClN2S. The molecule has 0 aliphatic carbocycles. The maximum atomic E-state index is 8.56. The molecule has 0 aromatic heterocycles. The number of hydrogen-bond donors (Lipinski definition) is 0. The van der Waals surface area contributed by atoms with Gasteiger partial charge in [-0.2, -0.15) is 5.26 Å². The fourth-order valence-corrected chi connectivity index (χ4v) is 2.56. The highest BCUT2D eigenvalue weighted by atomic mass is 35.5. The zero-order chi connectivity index (χ0) is 10.7. The van der Waals surface area contributed by atoms with Gasteiger partial charge in [-0.15, -0.1) is 11.8 Å². The Labute approximate surface area is 98.0 Å². The Morgan fingerprint density at radius 3 is 2.87 bits per heavy atom. The van der Waals surface area contributed by atoms with Crippen LogP contribution in [0.1, 0.15) is 18.0 Å². The van der Waals surface area contributed by atoms with Crippen molar-refractivity contribution in [3.8, 4) is 6.07 Å². The summed E-state index contributed by atoms with van der Waals surface area (Å²) < 4.78 is 0. The smallest absolute Gasteiger partial charge is 0.0853 e. The largest absolute Gasteiger partial charge is 0.273 e. The molecule has 1 aromatic rings. The summed E-state index contributed by atoms with van der Waals surface area (Å²) in [6.07, 6.45) is 0.425. The highest BCUT2D eigenvalue weighted by molar-refractivity contribution is 8.14. The quantitative estimate of drug-likeness (QED) is 0.789. The molecular weight excluding hydrogens is 228 g/mol. The van der Waals surface area contributed by atoms with Crippen LogP contribution in [-0.2, 0) is 0 Å². The van der Waals surface area contributed by atoms with Gasteiger partial charge in [0.25, 0.3) is 0 Å². The van der Waals surface area contributed by atoms with Crippen LogP contribution in [0.3, 0.4) is 0 Å². The number of aliphatic imine (C=N–C) groups is 1. The zero-order valence-corrected chi connectivity index (χ0v) is 9.55. The molecule has 1 heterocycles. The van der Waals surface area contributed by atoms with E-state index in [1.165, 1.54) is 5.56 Å². The summed E-state index contributed by atoms with van der Waals surface area (Å²) in [5.74, 6) is 0.929. The predicted octanol–water partition coefficient (Wildman–Crippen LogP) is 3.44. The zero-order valence-electron chi connectivity index (χ0n) is 7.98. The first-order chi connectivity index (χ1) is 7.29. The van der Waals surface area contributed by atoms with Crippen LogP contribution in [-0.4, -0.2) is 10.8 Å². The SMILES string of the molecule is N#CCC1=NC(c2ccc(Cl)cc2)CS1. The van der Waals surface area contributed by atoms with Crippen LogP contribution in [0.5, 0.6) is 0 Å². The van der Waals surface area contributed by atoms with Crippen molar-refractivity contribution in [2.45, 2.75) is 12.5 Å². The summed E-state index contributed by atoms with van der Waals surface area (Å²) in [4.78, 5) is 4.49. The Hall–Kier alpha value is -0.980. The minimum atomic E-state index is 0.190. The Balaban J connectivity index is 2.14. The van der Waals surface area contributed by atoms with Crippen molar-refractivity contribution in [2.75, 3.05) is 5.75 Å². The monoisotopic (exact) mass is 236 g/mol. The summed E-state index contributed by atoms with van der Waals surface area (Å²) in [6.45, 7) is 0. The first kappa shape index (κ1) is 10.5. The number of benzene rings is 1. The number of halogens is 1. The summed E-state index contributed by atoms with van der Waals surface area (Å²) in [7, 11) is 0. The number of rotatable bonds is 2. The predicted molar refractivity (Wildman–Crippen MR) is 64.3 cm³/mol. The standard InChI is InChI=1S/C11H9ClN2S/c12-9-3-1-8(2-4-9)10-7-15-11(14-10)5-6-13/h1-4,10H,5,7H2. The molecule has 0 radical (unpaired) electrons. The minimum Gasteiger partial charge on any atom is -0.273 e. The van der Waals surface area contributed by atoms with E-state index < -0.39 is 0 Å². The maximum Gasteiger partial charge on any atom is 0.0853 e. The number of thioether (sulfide) groups is 1. The highest BCUT2D eigenvalue weighted by Gasteiger charge is 2.19. The molecule has 15 heavy (non-hydrogen) atoms. The first-order valence-corrected chi connectivity index (χ1v) is 5.98. The van der Waals surface area contributed by atoms with Crippen molar-refractivity contribution in [3.05, 3.63) is 34.9 Å². The summed E-state index contributed by atoms with van der Waals surface area (Å²) in [6, 6.07) is 10.0. The van der Waals surface area contributed by atoms with Crippen molar-refractivity contribution >= 4 is 28.4 Å². The third kappa shape index (κ3) is 2.53. The van der Waals surface area contributed by atoms with E-state index in [4.69, 9.17) is 16.9 Å². The van der Waals surface area contributed by atoms with Crippen LogP contribution in [0, 0.1) is 11.3 Å². The summed E-state index contributed by atoms with van der Waals surface area (Å²) >= 11 is 7.48. The van der Waals surface area contributed by atoms with Gasteiger partial charge >= 0.3 is 0 Å². The van der Waals surface area contributed by atoms with Gasteiger partial charge in [-0.25, -0.2) is 0 Å². The lowest BCUT2D eigenvalue weighted by molar-refractivity contribution is 0.848. The van der Waals surface area contributed by atoms with Crippen LogP contribution in [0.25, 0.3) is 0 Å². The molecule has 76 valence electrons. The van der Waals surface area contributed by atoms with Crippen LogP contribution >= 0.6 is 23.4 Å². The van der Waals surface area contributed by atoms with E-state index in [1.54, 1.807) is 11.8 Å². The molecule has 0 saturated heterocycles. The lowest BCUT2D eigenvalue weighted by atomic mass is 10.1. The van der Waals surface area contributed by atoms with Crippen molar-refractivity contribution in [2.24, 2.45) is 4.99 Å². The topological polar surface area (TPSA) is 36.1 Å². The fourth-order valence-electron chi connectivity index (χ4n) is 1.44. The molecule has 0 fully saturated rings. The van der Waals surface area contributed by atoms with Gasteiger partial charge in [-0.05, 0) is 17.7 Å². The molecule has 1 aromatic carbocycles. The fraction of sp³-hybridized carbons (Fsp3) is 0.273. The van der Waals surface area contributed by atoms with Crippen LogP contribution in [0.2, 0.25) is 5.02 Å². The summed E-state index contributed by atoms with van der Waals surface area (Å²) in [5.41, 5.74) is 1.17. The molecule has 0 bridgehead atoms. The van der Waals surface area contributed by atoms with E-state index in [2.05, 4.69) is 11.1 Å². The molecule has 0 N–H and O–H groups in total. The molecule has 1 aliphatic rings. The molecule has 0 spiro atoms. The van der Waals surface area contributed by atoms with Crippen molar-refractivity contribution in [1.82, 2.24) is 0 Å². The molecule has 2 nitrogen and oxygen atoms in total. The molecule has 4 heteroatoms. The molecule has 0 amide bonds. The Kier molecular flexibility index (Phi) is 3.30. The minimum absolute atomic E-state index is 0.190. The van der Waals surface area contributed by atoms with E-state index in [0.29, 0.717) is 6.42 Å². The Bertz CT molecular complexity index is 419. The molecule has 1 atom stereocenters. The van der Waals surface area contributed by atoms with Gasteiger partial charge < -0.3 is 0 Å². The molecule has 1 aliphatic heterocycles. The Morgan fingerprint density at radius 2 is 2.20 bits per heavy atom. The van der Waals surface area contributed by atoms with Gasteiger partial charge in [0.15, 0.2) is 0 Å². The molecule has 1 unspecified atom stereocenters. The summed E-state index contributed by atoms with van der Waals surface area (Å²) in [5, 5.41) is 10.2. The second kappa shape index (κ2) is 4.69. The average molecular weight is 237 g/mol. The van der Waals surface area contributed by atoms with E-state index in [-0.39, 0.29) is 6.04 Å². The maximum absolute atomic E-state index is 8.56. The van der Waals surface area contributed by atoms with Crippen LogP contribution < -0.4 is 0 Å². The third-order valence-corrected chi connectivity index (χ3v) is 3.51. The second-order valence-electron chi connectivity index (χ2n) is 3.24. The van der Waals surface area contributed by atoms with E-state index >= 15 is 0 Å². The van der Waals surface area contributed by atoms with Crippen molar-refractivity contribution in [1.29, 1.82) is 5.26 Å². The van der Waals surface area contributed by atoms with E-state index in [0.717, 1.165) is 15.8 Å². The van der Waals surface area contributed by atoms with Crippen LogP contribution in [0.4, 0.5) is 0 Å². The van der Waals surface area contributed by atoms with Gasteiger partial charge in [0.05, 0.1) is 23.6 Å². The highest BCUT2D eigenvalue weighted by Crippen LogP contribution is 2.31. The van der Waals surface area contributed by atoms with E-state index in [9.17, 15) is 0 Å². The van der Waals surface area contributed by atoms with Gasteiger partial charge in [-0.3, -0.25) is 4.99 Å². The van der Waals surface area contributed by atoms with Gasteiger partial charge in [-0.1, -0.05) is 23.7 Å². The van der Waals surface area contributed by atoms with Gasteiger partial charge in [0.1, 0.15) is 0 Å². The second-order valence-corrected chi connectivity index (χ2v) is 4.77. The number of hydrogen-bond acceptors (Lipinski definition) is 3. The third-order valence-electron chi connectivity index (χ3n) is 2.19. The molecule has 0 saturated carbocycles. The van der Waals surface area contributed by atoms with Crippen molar-refractivity contribution < 1.29 is 0 Å². The lowest BCUT2D eigenvalue weighted by Gasteiger charge is -2.05. The van der Waals surface area contributed by atoms with E-state index in [1.807, 2.05) is 24.3 Å². The average Bonchev–Trinajstić information content (AvgIpc) is 2.68. The number of nitrogens with zero attached hydrogens (tertiary/aromatic N) is 2. The van der Waals surface area contributed by atoms with Gasteiger partial charge in [0, 0.05) is 10.8 Å². The Morgan fingerprint density at radius 1 is 1.47 bits per heavy atom.